The SMILES string of the molecule is Cc1cc(C)c2c(=O)[nH]c(=O)[nH]c2n1. The van der Waals surface area contributed by atoms with Crippen molar-refractivity contribution in [3.63, 3.8) is 0 Å². The van der Waals surface area contributed by atoms with E-state index in [2.05, 4.69) is 15.0 Å². The highest BCUT2D eigenvalue weighted by molar-refractivity contribution is 5.77. The van der Waals surface area contributed by atoms with Crippen LogP contribution in [0.4, 0.5) is 0 Å². The molecule has 0 aliphatic rings. The van der Waals surface area contributed by atoms with Gasteiger partial charge in [-0.1, -0.05) is 0 Å². The minimum absolute atomic E-state index is 0.344. The van der Waals surface area contributed by atoms with Crippen molar-refractivity contribution in [1.29, 1.82) is 0 Å². The molecule has 0 atom stereocenters. The van der Waals surface area contributed by atoms with Gasteiger partial charge in [-0.05, 0) is 25.5 Å². The molecule has 5 nitrogen and oxygen atoms in total. The van der Waals surface area contributed by atoms with Gasteiger partial charge in [-0.2, -0.15) is 0 Å². The predicted molar refractivity (Wildman–Crippen MR) is 52.5 cm³/mol. The van der Waals surface area contributed by atoms with E-state index in [1.54, 1.807) is 6.07 Å². The Morgan fingerprint density at radius 2 is 1.93 bits per heavy atom. The summed E-state index contributed by atoms with van der Waals surface area (Å²) in [6.45, 7) is 3.62. The van der Waals surface area contributed by atoms with Crippen molar-refractivity contribution >= 4 is 11.0 Å². The monoisotopic (exact) mass is 191 g/mol. The molecule has 0 radical (unpaired) electrons. The maximum atomic E-state index is 11.4. The molecule has 5 heteroatoms. The maximum Gasteiger partial charge on any atom is 0.327 e. The molecule has 0 unspecified atom stereocenters. The van der Waals surface area contributed by atoms with E-state index >= 15 is 0 Å². The van der Waals surface area contributed by atoms with Crippen LogP contribution in [-0.4, -0.2) is 15.0 Å². The number of aryl methyl sites for hydroxylation is 2. The second-order valence-corrected chi connectivity index (χ2v) is 3.21. The average molecular weight is 191 g/mol. The topological polar surface area (TPSA) is 78.6 Å². The highest BCUT2D eigenvalue weighted by Crippen LogP contribution is 2.09. The zero-order valence-corrected chi connectivity index (χ0v) is 7.84. The van der Waals surface area contributed by atoms with Crippen molar-refractivity contribution in [2.24, 2.45) is 0 Å². The third-order valence-electron chi connectivity index (χ3n) is 2.03. The third kappa shape index (κ3) is 1.22. The van der Waals surface area contributed by atoms with Gasteiger partial charge < -0.3 is 0 Å². The molecule has 2 heterocycles. The number of pyridine rings is 1. The molecule has 0 bridgehead atoms. The molecule has 0 amide bonds. The first-order valence-corrected chi connectivity index (χ1v) is 4.18. The lowest BCUT2D eigenvalue weighted by Crippen LogP contribution is -2.23. The van der Waals surface area contributed by atoms with E-state index in [0.717, 1.165) is 11.3 Å². The van der Waals surface area contributed by atoms with Gasteiger partial charge >= 0.3 is 5.69 Å². The summed E-state index contributed by atoms with van der Waals surface area (Å²) in [5.41, 5.74) is 1.01. The Kier molecular flexibility index (Phi) is 1.73. The maximum absolute atomic E-state index is 11.4. The first-order valence-electron chi connectivity index (χ1n) is 4.18. The lowest BCUT2D eigenvalue weighted by Gasteiger charge is -2.00. The number of nitrogens with one attached hydrogen (secondary N) is 2. The molecule has 0 spiro atoms. The highest BCUT2D eigenvalue weighted by atomic mass is 16.2. The van der Waals surface area contributed by atoms with Gasteiger partial charge in [0.15, 0.2) is 0 Å². The Bertz CT molecular complexity index is 609. The molecule has 72 valence electrons. The van der Waals surface area contributed by atoms with Crippen LogP contribution in [0.15, 0.2) is 15.7 Å². The Labute approximate surface area is 78.8 Å². The summed E-state index contributed by atoms with van der Waals surface area (Å²) in [4.78, 5) is 31.1. The largest absolute Gasteiger partial charge is 0.327 e. The first kappa shape index (κ1) is 8.68. The van der Waals surface area contributed by atoms with E-state index in [1.165, 1.54) is 0 Å². The average Bonchev–Trinajstić information content (AvgIpc) is 1.99. The van der Waals surface area contributed by atoms with Crippen molar-refractivity contribution in [2.45, 2.75) is 13.8 Å². The lowest BCUT2D eigenvalue weighted by molar-refractivity contribution is 1.05. The van der Waals surface area contributed by atoms with Crippen LogP contribution in [0.1, 0.15) is 11.3 Å². The van der Waals surface area contributed by atoms with E-state index in [9.17, 15) is 9.59 Å². The number of rotatable bonds is 0. The molecular formula is C9H9N3O2. The zero-order valence-electron chi connectivity index (χ0n) is 7.84. The first-order chi connectivity index (χ1) is 6.58. The van der Waals surface area contributed by atoms with Crippen molar-refractivity contribution < 1.29 is 0 Å². The minimum atomic E-state index is -0.528. The summed E-state index contributed by atoms with van der Waals surface area (Å²) in [6.07, 6.45) is 0. The van der Waals surface area contributed by atoms with E-state index < -0.39 is 11.2 Å². The lowest BCUT2D eigenvalue weighted by atomic mass is 10.2. The molecule has 0 aliphatic heterocycles. The zero-order chi connectivity index (χ0) is 10.3. The van der Waals surface area contributed by atoms with Crippen molar-refractivity contribution in [3.8, 4) is 0 Å². The number of aromatic nitrogens is 3. The second kappa shape index (κ2) is 2.80. The van der Waals surface area contributed by atoms with Gasteiger partial charge in [-0.25, -0.2) is 9.78 Å². The second-order valence-electron chi connectivity index (χ2n) is 3.21. The van der Waals surface area contributed by atoms with Gasteiger partial charge in [0.2, 0.25) is 0 Å². The van der Waals surface area contributed by atoms with Gasteiger partial charge in [0.05, 0.1) is 5.39 Å². The van der Waals surface area contributed by atoms with Crippen LogP contribution in [0.2, 0.25) is 0 Å². The van der Waals surface area contributed by atoms with Crippen LogP contribution in [-0.2, 0) is 0 Å². The molecule has 2 aromatic rings. The summed E-state index contributed by atoms with van der Waals surface area (Å²) >= 11 is 0. The fraction of sp³-hybridized carbons (Fsp3) is 0.222. The molecule has 14 heavy (non-hydrogen) atoms. The molecular weight excluding hydrogens is 182 g/mol. The van der Waals surface area contributed by atoms with E-state index in [4.69, 9.17) is 0 Å². The summed E-state index contributed by atoms with van der Waals surface area (Å²) in [6, 6.07) is 1.80. The highest BCUT2D eigenvalue weighted by Gasteiger charge is 2.05. The Morgan fingerprint density at radius 3 is 2.64 bits per heavy atom. The summed E-state index contributed by atoms with van der Waals surface area (Å²) in [7, 11) is 0. The molecule has 0 aliphatic carbocycles. The number of hydrogen-bond acceptors (Lipinski definition) is 3. The third-order valence-corrected chi connectivity index (χ3v) is 2.03. The number of H-pyrrole nitrogens is 2. The summed E-state index contributed by atoms with van der Waals surface area (Å²) in [5, 5.41) is 0.440. The number of nitrogens with zero attached hydrogens (tertiary/aromatic N) is 1. The van der Waals surface area contributed by atoms with Gasteiger partial charge in [-0.3, -0.25) is 14.8 Å². The minimum Gasteiger partial charge on any atom is -0.291 e. The molecule has 0 aromatic carbocycles. The summed E-state index contributed by atoms with van der Waals surface area (Å²) < 4.78 is 0. The summed E-state index contributed by atoms with van der Waals surface area (Å²) in [5.74, 6) is 0. The van der Waals surface area contributed by atoms with Crippen LogP contribution in [0.25, 0.3) is 11.0 Å². The van der Waals surface area contributed by atoms with Crippen molar-refractivity contribution in [3.05, 3.63) is 38.2 Å². The van der Waals surface area contributed by atoms with Crippen molar-refractivity contribution in [2.75, 3.05) is 0 Å². The van der Waals surface area contributed by atoms with Gasteiger partial charge in [0.1, 0.15) is 5.65 Å². The smallest absolute Gasteiger partial charge is 0.291 e. The van der Waals surface area contributed by atoms with E-state index in [0.29, 0.717) is 11.0 Å². The molecule has 0 saturated heterocycles. The predicted octanol–water partition coefficient (Wildman–Crippen LogP) is 0.228. The van der Waals surface area contributed by atoms with Crippen LogP contribution < -0.4 is 11.2 Å². The Balaban J connectivity index is 3.10. The quantitative estimate of drug-likeness (QED) is 0.625. The molecule has 2 N–H and O–H groups in total. The standard InChI is InChI=1S/C9H9N3O2/c1-4-3-5(2)10-7-6(4)8(13)12-9(14)11-7/h3H,1-2H3,(H2,10,11,12,13,14). The number of hydrogen-bond donors (Lipinski definition) is 2. The van der Waals surface area contributed by atoms with E-state index in [-0.39, 0.29) is 0 Å². The number of fused-ring (bicyclic) bond motifs is 1. The fourth-order valence-electron chi connectivity index (χ4n) is 1.52. The van der Waals surface area contributed by atoms with Crippen molar-refractivity contribution in [1.82, 2.24) is 15.0 Å². The van der Waals surface area contributed by atoms with Gasteiger partial charge in [0, 0.05) is 5.69 Å². The number of aromatic amines is 2. The normalized spacial score (nSPS) is 10.7. The Hall–Kier alpha value is -1.91. The van der Waals surface area contributed by atoms with Crippen LogP contribution in [0, 0.1) is 13.8 Å². The van der Waals surface area contributed by atoms with E-state index in [1.807, 2.05) is 13.8 Å². The molecule has 0 fully saturated rings. The molecule has 2 rings (SSSR count). The van der Waals surface area contributed by atoms with Crippen LogP contribution in [0.5, 0.6) is 0 Å². The fourth-order valence-corrected chi connectivity index (χ4v) is 1.52. The van der Waals surface area contributed by atoms with Gasteiger partial charge in [0.25, 0.3) is 5.56 Å². The molecule has 0 saturated carbocycles. The van der Waals surface area contributed by atoms with Gasteiger partial charge in [-0.15, -0.1) is 0 Å². The Morgan fingerprint density at radius 1 is 1.21 bits per heavy atom. The van der Waals surface area contributed by atoms with Crippen LogP contribution >= 0.6 is 0 Å². The molecule has 2 aromatic heterocycles. The van der Waals surface area contributed by atoms with Crippen LogP contribution in [0.3, 0.4) is 0 Å².